The van der Waals surface area contributed by atoms with E-state index in [4.69, 9.17) is 15.6 Å². The van der Waals surface area contributed by atoms with Crippen LogP contribution in [0, 0.1) is 0 Å². The van der Waals surface area contributed by atoms with E-state index in [0.717, 1.165) is 11.1 Å². The van der Waals surface area contributed by atoms with Gasteiger partial charge in [-0.25, -0.2) is 0 Å². The van der Waals surface area contributed by atoms with Gasteiger partial charge in [0.2, 0.25) is 5.88 Å². The first-order chi connectivity index (χ1) is 9.22. The lowest BCUT2D eigenvalue weighted by atomic mass is 10.1. The van der Waals surface area contributed by atoms with Crippen LogP contribution in [0.3, 0.4) is 0 Å². The fourth-order valence-electron chi connectivity index (χ4n) is 1.66. The van der Waals surface area contributed by atoms with Crippen molar-refractivity contribution < 1.29 is 9.84 Å². The Kier molecular flexibility index (Phi) is 4.20. The zero-order valence-electron chi connectivity index (χ0n) is 10.8. The highest BCUT2D eigenvalue weighted by molar-refractivity contribution is 5.62. The summed E-state index contributed by atoms with van der Waals surface area (Å²) in [7, 11) is 1.57. The van der Waals surface area contributed by atoms with Crippen LogP contribution in [0.4, 0.5) is 11.5 Å². The fourth-order valence-corrected chi connectivity index (χ4v) is 1.66. The molecule has 0 fully saturated rings. The summed E-state index contributed by atoms with van der Waals surface area (Å²) in [5.74, 6) is 1.12. The third-order valence-electron chi connectivity index (χ3n) is 2.78. The lowest BCUT2D eigenvalue weighted by Crippen LogP contribution is -2.05. The van der Waals surface area contributed by atoms with E-state index in [-0.39, 0.29) is 6.61 Å². The number of hydrogen-bond acceptors (Lipinski definition) is 5. The average Bonchev–Trinajstić information content (AvgIpc) is 2.47. The molecule has 0 saturated carbocycles. The molecule has 4 N–H and O–H groups in total. The van der Waals surface area contributed by atoms with Gasteiger partial charge in [0, 0.05) is 12.6 Å². The molecule has 0 saturated heterocycles. The normalized spacial score (nSPS) is 10.2. The largest absolute Gasteiger partial charge is 0.481 e. The summed E-state index contributed by atoms with van der Waals surface area (Å²) in [6.45, 7) is 0.661. The van der Waals surface area contributed by atoms with Gasteiger partial charge in [-0.2, -0.15) is 4.98 Å². The van der Waals surface area contributed by atoms with Gasteiger partial charge < -0.3 is 20.9 Å². The topological polar surface area (TPSA) is 80.4 Å². The van der Waals surface area contributed by atoms with Gasteiger partial charge in [0.05, 0.1) is 19.4 Å². The number of pyridine rings is 1. The molecule has 0 bridgehead atoms. The molecular formula is C14H17N3O2. The van der Waals surface area contributed by atoms with Crippen molar-refractivity contribution in [2.24, 2.45) is 0 Å². The molecule has 0 radical (unpaired) electrons. The summed E-state index contributed by atoms with van der Waals surface area (Å²) in [5.41, 5.74) is 8.39. The number of aliphatic hydroxyl groups is 1. The van der Waals surface area contributed by atoms with E-state index in [0.29, 0.717) is 23.9 Å². The number of nitrogens with zero attached hydrogens (tertiary/aromatic N) is 1. The molecule has 100 valence electrons. The Balaban J connectivity index is 2.05. The smallest absolute Gasteiger partial charge is 0.215 e. The highest BCUT2D eigenvalue weighted by Gasteiger charge is 2.03. The zero-order chi connectivity index (χ0) is 13.7. The maximum absolute atomic E-state index is 8.97. The van der Waals surface area contributed by atoms with Crippen molar-refractivity contribution in [3.8, 4) is 5.88 Å². The molecule has 0 spiro atoms. The molecule has 0 atom stereocenters. The minimum absolute atomic E-state index is 0.0537. The average molecular weight is 259 g/mol. The standard InChI is InChI=1S/C14H17N3O2/c1-19-13-7-6-12(15)14(17-13)16-8-10-2-4-11(9-18)5-3-10/h2-7,18H,8-9,15H2,1H3,(H,16,17). The first-order valence-corrected chi connectivity index (χ1v) is 5.96. The van der Waals surface area contributed by atoms with Gasteiger partial charge in [-0.1, -0.05) is 24.3 Å². The maximum atomic E-state index is 8.97. The number of nitrogens with one attached hydrogen (secondary N) is 1. The van der Waals surface area contributed by atoms with Gasteiger partial charge in [0.1, 0.15) is 0 Å². The van der Waals surface area contributed by atoms with Crippen LogP contribution in [-0.4, -0.2) is 17.2 Å². The zero-order valence-corrected chi connectivity index (χ0v) is 10.8. The lowest BCUT2D eigenvalue weighted by molar-refractivity contribution is 0.282. The second kappa shape index (κ2) is 6.06. The summed E-state index contributed by atoms with van der Waals surface area (Å²) < 4.78 is 5.06. The quantitative estimate of drug-likeness (QED) is 0.762. The number of nitrogen functional groups attached to an aromatic ring is 1. The number of anilines is 2. The molecule has 0 aliphatic carbocycles. The highest BCUT2D eigenvalue weighted by Crippen LogP contribution is 2.20. The Morgan fingerprint density at radius 1 is 1.16 bits per heavy atom. The van der Waals surface area contributed by atoms with Crippen molar-refractivity contribution >= 4 is 11.5 Å². The number of aromatic nitrogens is 1. The van der Waals surface area contributed by atoms with Crippen LogP contribution >= 0.6 is 0 Å². The van der Waals surface area contributed by atoms with Gasteiger partial charge in [-0.05, 0) is 17.2 Å². The van der Waals surface area contributed by atoms with Crippen molar-refractivity contribution in [3.63, 3.8) is 0 Å². The molecule has 0 aliphatic rings. The number of hydrogen-bond donors (Lipinski definition) is 3. The number of nitrogens with two attached hydrogens (primary N) is 1. The molecule has 5 heteroatoms. The van der Waals surface area contributed by atoms with E-state index in [9.17, 15) is 0 Å². The van der Waals surface area contributed by atoms with E-state index in [2.05, 4.69) is 10.3 Å². The molecule has 0 aliphatic heterocycles. The van der Waals surface area contributed by atoms with Crippen molar-refractivity contribution in [2.45, 2.75) is 13.2 Å². The number of methoxy groups -OCH3 is 1. The molecule has 0 unspecified atom stereocenters. The van der Waals surface area contributed by atoms with Crippen molar-refractivity contribution in [3.05, 3.63) is 47.5 Å². The lowest BCUT2D eigenvalue weighted by Gasteiger charge is -2.10. The SMILES string of the molecule is COc1ccc(N)c(NCc2ccc(CO)cc2)n1. The summed E-state index contributed by atoms with van der Waals surface area (Å²) in [6.07, 6.45) is 0. The summed E-state index contributed by atoms with van der Waals surface area (Å²) in [4.78, 5) is 4.24. The van der Waals surface area contributed by atoms with Gasteiger partial charge in [-0.3, -0.25) is 0 Å². The molecule has 2 rings (SSSR count). The summed E-state index contributed by atoms with van der Waals surface area (Å²) in [6, 6.07) is 11.2. The van der Waals surface area contributed by atoms with Gasteiger partial charge in [-0.15, -0.1) is 0 Å². The van der Waals surface area contributed by atoms with Gasteiger partial charge in [0.25, 0.3) is 0 Å². The second-order valence-electron chi connectivity index (χ2n) is 4.12. The molecule has 1 aromatic carbocycles. The first kappa shape index (κ1) is 13.2. The summed E-state index contributed by atoms with van der Waals surface area (Å²) >= 11 is 0. The molecule has 19 heavy (non-hydrogen) atoms. The van der Waals surface area contributed by atoms with Crippen LogP contribution in [0.15, 0.2) is 36.4 Å². The van der Waals surface area contributed by atoms with Crippen LogP contribution in [0.1, 0.15) is 11.1 Å². The predicted octanol–water partition coefficient (Wildman–Crippen LogP) is 1.78. The van der Waals surface area contributed by atoms with E-state index in [1.165, 1.54) is 0 Å². The van der Waals surface area contributed by atoms with E-state index < -0.39 is 0 Å². The van der Waals surface area contributed by atoms with Crippen molar-refractivity contribution in [1.82, 2.24) is 4.98 Å². The van der Waals surface area contributed by atoms with E-state index in [1.807, 2.05) is 24.3 Å². The van der Waals surface area contributed by atoms with Crippen LogP contribution in [-0.2, 0) is 13.2 Å². The molecule has 1 heterocycles. The Morgan fingerprint density at radius 2 is 1.84 bits per heavy atom. The molecular weight excluding hydrogens is 242 g/mol. The van der Waals surface area contributed by atoms with Crippen molar-refractivity contribution in [2.75, 3.05) is 18.2 Å². The predicted molar refractivity (Wildman–Crippen MR) is 74.9 cm³/mol. The Labute approximate surface area is 112 Å². The van der Waals surface area contributed by atoms with Crippen LogP contribution in [0.2, 0.25) is 0 Å². The van der Waals surface area contributed by atoms with Crippen LogP contribution in [0.5, 0.6) is 5.88 Å². The van der Waals surface area contributed by atoms with E-state index in [1.54, 1.807) is 19.2 Å². The molecule has 0 amide bonds. The second-order valence-corrected chi connectivity index (χ2v) is 4.12. The fraction of sp³-hybridized carbons (Fsp3) is 0.214. The molecule has 2 aromatic rings. The number of rotatable bonds is 5. The van der Waals surface area contributed by atoms with Gasteiger partial charge in [0.15, 0.2) is 5.82 Å². The summed E-state index contributed by atoms with van der Waals surface area (Å²) in [5, 5.41) is 12.1. The molecule has 1 aromatic heterocycles. The first-order valence-electron chi connectivity index (χ1n) is 5.96. The van der Waals surface area contributed by atoms with E-state index >= 15 is 0 Å². The Hall–Kier alpha value is -2.27. The van der Waals surface area contributed by atoms with Crippen LogP contribution in [0.25, 0.3) is 0 Å². The highest BCUT2D eigenvalue weighted by atomic mass is 16.5. The molecule has 5 nitrogen and oxygen atoms in total. The van der Waals surface area contributed by atoms with Crippen LogP contribution < -0.4 is 15.8 Å². The third-order valence-corrected chi connectivity index (χ3v) is 2.78. The Bertz CT molecular complexity index is 541. The van der Waals surface area contributed by atoms with Crippen molar-refractivity contribution in [1.29, 1.82) is 0 Å². The number of benzene rings is 1. The number of ether oxygens (including phenoxy) is 1. The minimum atomic E-state index is 0.0537. The van der Waals surface area contributed by atoms with Gasteiger partial charge >= 0.3 is 0 Å². The minimum Gasteiger partial charge on any atom is -0.481 e. The third kappa shape index (κ3) is 3.35. The Morgan fingerprint density at radius 3 is 2.47 bits per heavy atom. The number of aliphatic hydroxyl groups excluding tert-OH is 1. The monoisotopic (exact) mass is 259 g/mol. The maximum Gasteiger partial charge on any atom is 0.215 e.